The lowest BCUT2D eigenvalue weighted by Crippen LogP contribution is -2.33. The number of amides is 1. The van der Waals surface area contributed by atoms with Crippen LogP contribution >= 0.6 is 0 Å². The summed E-state index contributed by atoms with van der Waals surface area (Å²) in [6.45, 7) is 3.01. The normalized spacial score (nSPS) is 10.1. The van der Waals surface area contributed by atoms with E-state index < -0.39 is 0 Å². The highest BCUT2D eigenvalue weighted by Gasteiger charge is 2.10. The second-order valence-electron chi connectivity index (χ2n) is 3.55. The lowest BCUT2D eigenvalue weighted by atomic mass is 10.1. The first-order chi connectivity index (χ1) is 7.77. The van der Waals surface area contributed by atoms with Crippen LogP contribution in [-0.2, 0) is 11.2 Å². The first kappa shape index (κ1) is 12.6. The number of hydrogen-bond donors (Lipinski definition) is 1. The highest BCUT2D eigenvalue weighted by molar-refractivity contribution is 5.76. The van der Waals surface area contributed by atoms with Crippen LogP contribution in [-0.4, -0.2) is 40.6 Å². The molecule has 1 N–H and O–H groups in total. The molecule has 4 heteroatoms. The lowest BCUT2D eigenvalue weighted by molar-refractivity contribution is -0.131. The Morgan fingerprint density at radius 2 is 2.12 bits per heavy atom. The summed E-state index contributed by atoms with van der Waals surface area (Å²) < 4.78 is 0. The fourth-order valence-electron chi connectivity index (χ4n) is 1.54. The minimum atomic E-state index is 0.0227. The third-order valence-corrected chi connectivity index (χ3v) is 2.48. The van der Waals surface area contributed by atoms with Gasteiger partial charge in [-0.2, -0.15) is 0 Å². The van der Waals surface area contributed by atoms with E-state index in [1.165, 1.54) is 0 Å². The van der Waals surface area contributed by atoms with Crippen LogP contribution in [0.2, 0.25) is 0 Å². The van der Waals surface area contributed by atoms with Gasteiger partial charge in [-0.3, -0.25) is 9.78 Å². The predicted molar refractivity (Wildman–Crippen MR) is 61.9 cm³/mol. The summed E-state index contributed by atoms with van der Waals surface area (Å²) in [6, 6.07) is 3.82. The molecule has 0 aliphatic carbocycles. The van der Waals surface area contributed by atoms with Crippen LogP contribution in [0.15, 0.2) is 24.5 Å². The summed E-state index contributed by atoms with van der Waals surface area (Å²) in [5.74, 6) is 0.0911. The highest BCUT2D eigenvalue weighted by atomic mass is 16.3. The van der Waals surface area contributed by atoms with Gasteiger partial charge in [-0.15, -0.1) is 0 Å². The molecule has 0 saturated carbocycles. The summed E-state index contributed by atoms with van der Waals surface area (Å²) in [4.78, 5) is 17.3. The third kappa shape index (κ3) is 3.98. The molecule has 0 radical (unpaired) electrons. The van der Waals surface area contributed by atoms with Crippen LogP contribution in [0.5, 0.6) is 0 Å². The van der Waals surface area contributed by atoms with Crippen LogP contribution in [0.3, 0.4) is 0 Å². The third-order valence-electron chi connectivity index (χ3n) is 2.48. The van der Waals surface area contributed by atoms with E-state index in [0.717, 1.165) is 12.0 Å². The number of aliphatic hydroxyl groups excluding tert-OH is 1. The Labute approximate surface area is 95.9 Å². The minimum Gasteiger partial charge on any atom is -0.395 e. The maximum atomic E-state index is 11.7. The molecule has 1 heterocycles. The highest BCUT2D eigenvalue weighted by Crippen LogP contribution is 2.03. The van der Waals surface area contributed by atoms with Gasteiger partial charge in [-0.05, 0) is 31.0 Å². The monoisotopic (exact) mass is 222 g/mol. The van der Waals surface area contributed by atoms with E-state index in [0.29, 0.717) is 19.5 Å². The van der Waals surface area contributed by atoms with Crippen molar-refractivity contribution >= 4 is 5.91 Å². The number of pyridine rings is 1. The van der Waals surface area contributed by atoms with Gasteiger partial charge in [0.1, 0.15) is 0 Å². The summed E-state index contributed by atoms with van der Waals surface area (Å²) >= 11 is 0. The van der Waals surface area contributed by atoms with Crippen molar-refractivity contribution in [2.45, 2.75) is 19.8 Å². The van der Waals surface area contributed by atoms with Gasteiger partial charge in [0.15, 0.2) is 0 Å². The molecule has 0 aliphatic rings. The molecule has 0 saturated heterocycles. The van der Waals surface area contributed by atoms with Crippen molar-refractivity contribution in [2.75, 3.05) is 19.7 Å². The number of aromatic nitrogens is 1. The van der Waals surface area contributed by atoms with E-state index in [-0.39, 0.29) is 12.5 Å². The van der Waals surface area contributed by atoms with Crippen LogP contribution in [0.4, 0.5) is 0 Å². The van der Waals surface area contributed by atoms with Crippen molar-refractivity contribution in [1.29, 1.82) is 0 Å². The first-order valence-electron chi connectivity index (χ1n) is 5.55. The Morgan fingerprint density at radius 1 is 1.44 bits per heavy atom. The van der Waals surface area contributed by atoms with Gasteiger partial charge < -0.3 is 10.0 Å². The zero-order valence-electron chi connectivity index (χ0n) is 9.59. The largest absolute Gasteiger partial charge is 0.395 e. The van der Waals surface area contributed by atoms with Gasteiger partial charge in [0, 0.05) is 31.9 Å². The number of likely N-dealkylation sites (N-methyl/N-ethyl adjacent to an activating group) is 1. The zero-order valence-corrected chi connectivity index (χ0v) is 9.59. The van der Waals surface area contributed by atoms with Crippen LogP contribution < -0.4 is 0 Å². The molecule has 0 spiro atoms. The second-order valence-corrected chi connectivity index (χ2v) is 3.55. The minimum absolute atomic E-state index is 0.0227. The number of carbonyl (C=O) groups excluding carboxylic acids is 1. The topological polar surface area (TPSA) is 53.4 Å². The van der Waals surface area contributed by atoms with Gasteiger partial charge >= 0.3 is 0 Å². The maximum Gasteiger partial charge on any atom is 0.222 e. The Bertz CT molecular complexity index is 314. The number of carbonyl (C=O) groups is 1. The summed E-state index contributed by atoms with van der Waals surface area (Å²) in [5.41, 5.74) is 1.11. The average Bonchev–Trinajstić information content (AvgIpc) is 2.34. The van der Waals surface area contributed by atoms with E-state index in [9.17, 15) is 4.79 Å². The van der Waals surface area contributed by atoms with Gasteiger partial charge in [0.25, 0.3) is 0 Å². The number of aliphatic hydroxyl groups is 1. The second kappa shape index (κ2) is 6.95. The Hall–Kier alpha value is -1.42. The zero-order chi connectivity index (χ0) is 11.8. The van der Waals surface area contributed by atoms with Crippen LogP contribution in [0.1, 0.15) is 18.9 Å². The number of rotatable bonds is 6. The fraction of sp³-hybridized carbons (Fsp3) is 0.500. The summed E-state index contributed by atoms with van der Waals surface area (Å²) in [6.07, 6.45) is 4.66. The molecule has 1 rings (SSSR count). The van der Waals surface area contributed by atoms with Crippen molar-refractivity contribution in [1.82, 2.24) is 9.88 Å². The van der Waals surface area contributed by atoms with E-state index in [4.69, 9.17) is 5.11 Å². The molecule has 0 fully saturated rings. The molecule has 1 amide bonds. The van der Waals surface area contributed by atoms with E-state index in [2.05, 4.69) is 4.98 Å². The Balaban J connectivity index is 2.40. The van der Waals surface area contributed by atoms with E-state index in [1.807, 2.05) is 19.1 Å². The SMILES string of the molecule is CCN(CCO)C(=O)CCc1ccncc1. The van der Waals surface area contributed by atoms with Crippen LogP contribution in [0.25, 0.3) is 0 Å². The van der Waals surface area contributed by atoms with Crippen molar-refractivity contribution < 1.29 is 9.90 Å². The maximum absolute atomic E-state index is 11.7. The smallest absolute Gasteiger partial charge is 0.222 e. The lowest BCUT2D eigenvalue weighted by Gasteiger charge is -2.19. The van der Waals surface area contributed by atoms with Gasteiger partial charge in [-0.25, -0.2) is 0 Å². The first-order valence-corrected chi connectivity index (χ1v) is 5.55. The van der Waals surface area contributed by atoms with E-state index in [1.54, 1.807) is 17.3 Å². The van der Waals surface area contributed by atoms with Gasteiger partial charge in [0.2, 0.25) is 5.91 Å². The molecule has 1 aromatic rings. The molecular weight excluding hydrogens is 204 g/mol. The van der Waals surface area contributed by atoms with Crippen molar-refractivity contribution in [3.8, 4) is 0 Å². The Morgan fingerprint density at radius 3 is 2.69 bits per heavy atom. The predicted octanol–water partition coefficient (Wildman–Crippen LogP) is 0.855. The fourth-order valence-corrected chi connectivity index (χ4v) is 1.54. The summed E-state index contributed by atoms with van der Waals surface area (Å²) in [5, 5.41) is 8.80. The molecular formula is C12H18N2O2. The molecule has 4 nitrogen and oxygen atoms in total. The molecule has 0 unspecified atom stereocenters. The van der Waals surface area contributed by atoms with Gasteiger partial charge in [0.05, 0.1) is 6.61 Å². The standard InChI is InChI=1S/C12H18N2O2/c1-2-14(9-10-15)12(16)4-3-11-5-7-13-8-6-11/h5-8,15H,2-4,9-10H2,1H3. The summed E-state index contributed by atoms with van der Waals surface area (Å²) in [7, 11) is 0. The number of hydrogen-bond acceptors (Lipinski definition) is 3. The molecule has 0 aromatic carbocycles. The van der Waals surface area contributed by atoms with Crippen molar-refractivity contribution in [2.24, 2.45) is 0 Å². The van der Waals surface area contributed by atoms with Crippen molar-refractivity contribution in [3.05, 3.63) is 30.1 Å². The average molecular weight is 222 g/mol. The molecule has 1 aromatic heterocycles. The molecule has 0 bridgehead atoms. The molecule has 0 aliphatic heterocycles. The number of aryl methyl sites for hydroxylation is 1. The molecule has 16 heavy (non-hydrogen) atoms. The van der Waals surface area contributed by atoms with Crippen molar-refractivity contribution in [3.63, 3.8) is 0 Å². The number of nitrogens with zero attached hydrogens (tertiary/aromatic N) is 2. The quantitative estimate of drug-likeness (QED) is 0.776. The van der Waals surface area contributed by atoms with Crippen LogP contribution in [0, 0.1) is 0 Å². The molecule has 88 valence electrons. The molecule has 0 atom stereocenters. The Kier molecular flexibility index (Phi) is 5.50. The van der Waals surface area contributed by atoms with E-state index >= 15 is 0 Å². The van der Waals surface area contributed by atoms with Gasteiger partial charge in [-0.1, -0.05) is 0 Å².